The molecule has 2 heterocycles. The number of carbonyl (C=O) groups is 1. The second-order valence-electron chi connectivity index (χ2n) is 5.10. The Morgan fingerprint density at radius 3 is 2.70 bits per heavy atom. The number of hydrogen-bond donors (Lipinski definition) is 1. The van der Waals surface area contributed by atoms with E-state index < -0.39 is 12.0 Å². The maximum absolute atomic E-state index is 11.8. The maximum Gasteiger partial charge on any atom is 0.327 e. The van der Waals surface area contributed by atoms with Crippen molar-refractivity contribution < 1.29 is 9.90 Å². The van der Waals surface area contributed by atoms with E-state index in [0.717, 1.165) is 5.56 Å². The molecule has 1 aromatic carbocycles. The van der Waals surface area contributed by atoms with Gasteiger partial charge >= 0.3 is 5.97 Å². The van der Waals surface area contributed by atoms with Crippen molar-refractivity contribution in [1.82, 2.24) is 24.3 Å². The number of aryl methyl sites for hydroxylation is 1. The lowest BCUT2D eigenvalue weighted by Crippen LogP contribution is -2.22. The van der Waals surface area contributed by atoms with Gasteiger partial charge in [0.05, 0.1) is 0 Å². The molecule has 2 aromatic heterocycles. The van der Waals surface area contributed by atoms with Gasteiger partial charge < -0.3 is 9.67 Å². The molecule has 3 rings (SSSR count). The number of carboxylic acid groups (broad SMARTS) is 1. The van der Waals surface area contributed by atoms with Gasteiger partial charge in [-0.1, -0.05) is 30.3 Å². The van der Waals surface area contributed by atoms with Crippen LogP contribution in [0.5, 0.6) is 0 Å². The summed E-state index contributed by atoms with van der Waals surface area (Å²) in [6.07, 6.45) is 5.08. The van der Waals surface area contributed by atoms with E-state index in [1.165, 1.54) is 6.33 Å². The van der Waals surface area contributed by atoms with Crippen LogP contribution in [0.3, 0.4) is 0 Å². The monoisotopic (exact) mass is 311 g/mol. The van der Waals surface area contributed by atoms with Gasteiger partial charge in [0.1, 0.15) is 12.4 Å². The Hall–Kier alpha value is -2.96. The number of benzene rings is 1. The zero-order chi connectivity index (χ0) is 16.2. The van der Waals surface area contributed by atoms with Gasteiger partial charge in [0, 0.05) is 25.4 Å². The zero-order valence-electron chi connectivity index (χ0n) is 12.7. The largest absolute Gasteiger partial charge is 0.480 e. The summed E-state index contributed by atoms with van der Waals surface area (Å²) in [6.45, 7) is 2.59. The predicted octanol–water partition coefficient (Wildman–Crippen LogP) is 2.03. The van der Waals surface area contributed by atoms with Crippen LogP contribution in [0.4, 0.5) is 0 Å². The average molecular weight is 311 g/mol. The Bertz CT molecular complexity index is 794. The minimum atomic E-state index is -0.907. The molecule has 7 heteroatoms. The standard InChI is InChI=1S/C16H17N5O2/c1-2-21-15(18-11-19-21)14-17-8-9-20(14)13(16(22)23)10-12-6-4-3-5-7-12/h3-9,11,13H,2,10H2,1H3,(H,22,23). The van der Waals surface area contributed by atoms with Gasteiger partial charge in [0.25, 0.3) is 0 Å². The van der Waals surface area contributed by atoms with E-state index in [2.05, 4.69) is 15.1 Å². The first kappa shape index (κ1) is 15.0. The van der Waals surface area contributed by atoms with Crippen molar-refractivity contribution in [2.24, 2.45) is 0 Å². The summed E-state index contributed by atoms with van der Waals surface area (Å²) < 4.78 is 3.34. The van der Waals surface area contributed by atoms with Crippen molar-refractivity contribution in [3.63, 3.8) is 0 Å². The highest BCUT2D eigenvalue weighted by Crippen LogP contribution is 2.22. The molecule has 0 fully saturated rings. The highest BCUT2D eigenvalue weighted by atomic mass is 16.4. The Labute approximate surface area is 133 Å². The van der Waals surface area contributed by atoms with Crippen LogP contribution in [0.2, 0.25) is 0 Å². The van der Waals surface area contributed by atoms with Crippen LogP contribution >= 0.6 is 0 Å². The van der Waals surface area contributed by atoms with E-state index in [-0.39, 0.29) is 0 Å². The van der Waals surface area contributed by atoms with Crippen LogP contribution in [0.25, 0.3) is 11.6 Å². The van der Waals surface area contributed by atoms with E-state index in [9.17, 15) is 9.90 Å². The molecule has 0 radical (unpaired) electrons. The van der Waals surface area contributed by atoms with Gasteiger partial charge in [-0.25, -0.2) is 19.4 Å². The molecule has 0 amide bonds. The molecule has 0 bridgehead atoms. The fourth-order valence-electron chi connectivity index (χ4n) is 2.55. The number of hydrogen-bond acceptors (Lipinski definition) is 4. The molecule has 3 aromatic rings. The molecule has 0 saturated carbocycles. The summed E-state index contributed by atoms with van der Waals surface area (Å²) in [7, 11) is 0. The van der Waals surface area contributed by atoms with Crippen molar-refractivity contribution in [1.29, 1.82) is 0 Å². The fourth-order valence-corrected chi connectivity index (χ4v) is 2.55. The Morgan fingerprint density at radius 2 is 2.00 bits per heavy atom. The summed E-state index contributed by atoms with van der Waals surface area (Å²) in [5, 5.41) is 13.8. The first-order chi connectivity index (χ1) is 11.2. The SMILES string of the molecule is CCn1ncnc1-c1nccn1C(Cc1ccccc1)C(=O)O. The molecule has 118 valence electrons. The molecule has 0 spiro atoms. The van der Waals surface area contributed by atoms with Gasteiger partial charge in [-0.2, -0.15) is 5.10 Å². The summed E-state index contributed by atoms with van der Waals surface area (Å²) in [6, 6.07) is 8.79. The third-order valence-electron chi connectivity index (χ3n) is 3.68. The van der Waals surface area contributed by atoms with Crippen LogP contribution in [-0.2, 0) is 17.8 Å². The second kappa shape index (κ2) is 6.43. The average Bonchev–Trinajstić information content (AvgIpc) is 3.21. The molecule has 23 heavy (non-hydrogen) atoms. The van der Waals surface area contributed by atoms with Crippen molar-refractivity contribution >= 4 is 5.97 Å². The summed E-state index contributed by atoms with van der Waals surface area (Å²) >= 11 is 0. The van der Waals surface area contributed by atoms with Crippen molar-refractivity contribution in [3.05, 3.63) is 54.6 Å². The van der Waals surface area contributed by atoms with E-state index in [0.29, 0.717) is 24.6 Å². The predicted molar refractivity (Wildman–Crippen MR) is 83.7 cm³/mol. The van der Waals surface area contributed by atoms with E-state index >= 15 is 0 Å². The summed E-state index contributed by atoms with van der Waals surface area (Å²) in [5.41, 5.74) is 0.955. The van der Waals surface area contributed by atoms with Crippen LogP contribution in [0.1, 0.15) is 18.5 Å². The number of nitrogens with zero attached hydrogens (tertiary/aromatic N) is 5. The van der Waals surface area contributed by atoms with Crippen LogP contribution in [-0.4, -0.2) is 35.4 Å². The zero-order valence-corrected chi connectivity index (χ0v) is 12.7. The third-order valence-corrected chi connectivity index (χ3v) is 3.68. The van der Waals surface area contributed by atoms with Crippen molar-refractivity contribution in [2.45, 2.75) is 25.9 Å². The second-order valence-corrected chi connectivity index (χ2v) is 5.10. The first-order valence-corrected chi connectivity index (χ1v) is 7.38. The van der Waals surface area contributed by atoms with Gasteiger partial charge in [-0.3, -0.25) is 0 Å². The van der Waals surface area contributed by atoms with Crippen molar-refractivity contribution in [3.8, 4) is 11.6 Å². The molecule has 0 aliphatic heterocycles. The number of imidazole rings is 1. The van der Waals surface area contributed by atoms with E-state index in [1.54, 1.807) is 21.6 Å². The highest BCUT2D eigenvalue weighted by Gasteiger charge is 2.24. The summed E-state index contributed by atoms with van der Waals surface area (Å²) in [4.78, 5) is 20.3. The first-order valence-electron chi connectivity index (χ1n) is 7.38. The molecule has 0 saturated heterocycles. The van der Waals surface area contributed by atoms with E-state index in [4.69, 9.17) is 0 Å². The Balaban J connectivity index is 1.99. The third kappa shape index (κ3) is 2.98. The minimum absolute atomic E-state index is 0.375. The number of rotatable bonds is 6. The lowest BCUT2D eigenvalue weighted by Gasteiger charge is -2.17. The highest BCUT2D eigenvalue weighted by molar-refractivity contribution is 5.73. The molecule has 0 aliphatic carbocycles. The van der Waals surface area contributed by atoms with Gasteiger partial charge in [-0.15, -0.1) is 0 Å². The van der Waals surface area contributed by atoms with E-state index in [1.807, 2.05) is 37.3 Å². The molecular formula is C16H17N5O2. The molecule has 1 unspecified atom stereocenters. The smallest absolute Gasteiger partial charge is 0.327 e. The fraction of sp³-hybridized carbons (Fsp3) is 0.250. The Kier molecular flexibility index (Phi) is 4.18. The quantitative estimate of drug-likeness (QED) is 0.753. The van der Waals surface area contributed by atoms with Crippen LogP contribution < -0.4 is 0 Å². The lowest BCUT2D eigenvalue weighted by atomic mass is 10.1. The Morgan fingerprint density at radius 1 is 1.22 bits per heavy atom. The minimum Gasteiger partial charge on any atom is -0.480 e. The number of carboxylic acids is 1. The maximum atomic E-state index is 11.8. The van der Waals surface area contributed by atoms with Gasteiger partial charge in [-0.05, 0) is 12.5 Å². The van der Waals surface area contributed by atoms with Gasteiger partial charge in [0.15, 0.2) is 11.6 Å². The molecule has 1 N–H and O–H groups in total. The summed E-state index contributed by atoms with van der Waals surface area (Å²) in [5.74, 6) is 0.167. The molecule has 1 atom stereocenters. The van der Waals surface area contributed by atoms with Crippen LogP contribution in [0, 0.1) is 0 Å². The lowest BCUT2D eigenvalue weighted by molar-refractivity contribution is -0.140. The topological polar surface area (TPSA) is 85.8 Å². The van der Waals surface area contributed by atoms with Crippen LogP contribution in [0.15, 0.2) is 49.1 Å². The normalized spacial score (nSPS) is 12.2. The van der Waals surface area contributed by atoms with Crippen molar-refractivity contribution in [2.75, 3.05) is 0 Å². The molecule has 0 aliphatic rings. The number of aromatic nitrogens is 5. The molecule has 7 nitrogen and oxygen atoms in total. The number of aliphatic carboxylic acids is 1. The van der Waals surface area contributed by atoms with Gasteiger partial charge in [0.2, 0.25) is 0 Å². The molecular weight excluding hydrogens is 294 g/mol.